The van der Waals surface area contributed by atoms with Crippen LogP contribution < -0.4 is 0 Å². The van der Waals surface area contributed by atoms with Gasteiger partial charge in [0.1, 0.15) is 11.1 Å². The number of fused-ring (bicyclic) bond motifs is 4. The van der Waals surface area contributed by atoms with Crippen LogP contribution in [-0.2, 0) is 0 Å². The topological polar surface area (TPSA) is 26.0 Å². The van der Waals surface area contributed by atoms with E-state index in [0.29, 0.717) is 0 Å². The monoisotopic (exact) mass is 309 g/mol. The van der Waals surface area contributed by atoms with Gasteiger partial charge in [-0.25, -0.2) is 4.98 Å². The summed E-state index contributed by atoms with van der Waals surface area (Å²) in [5.74, 6) is 0. The molecule has 3 aromatic carbocycles. The first-order valence-corrected chi connectivity index (χ1v) is 8.09. The number of hydrogen-bond acceptors (Lipinski definition) is 2. The molecule has 0 aliphatic heterocycles. The zero-order valence-corrected chi connectivity index (χ0v) is 13.3. The van der Waals surface area contributed by atoms with Crippen molar-refractivity contribution in [1.29, 1.82) is 0 Å². The molecule has 0 spiro atoms. The molecule has 24 heavy (non-hydrogen) atoms. The Morgan fingerprint density at radius 2 is 1.58 bits per heavy atom. The predicted molar refractivity (Wildman–Crippen MR) is 99.2 cm³/mol. The summed E-state index contributed by atoms with van der Waals surface area (Å²) in [7, 11) is 0. The second-order valence-corrected chi connectivity index (χ2v) is 6.10. The van der Waals surface area contributed by atoms with Crippen LogP contribution in [0, 0.1) is 6.92 Å². The van der Waals surface area contributed by atoms with Crippen molar-refractivity contribution in [2.45, 2.75) is 6.92 Å². The number of pyridine rings is 1. The van der Waals surface area contributed by atoms with E-state index in [1.165, 1.54) is 5.56 Å². The molecular weight excluding hydrogens is 294 g/mol. The number of aryl methyl sites for hydroxylation is 1. The van der Waals surface area contributed by atoms with Crippen LogP contribution in [0.2, 0.25) is 0 Å². The van der Waals surface area contributed by atoms with E-state index in [1.807, 2.05) is 24.3 Å². The van der Waals surface area contributed by atoms with E-state index in [1.54, 1.807) is 0 Å². The Morgan fingerprint density at radius 3 is 2.46 bits per heavy atom. The maximum absolute atomic E-state index is 6.24. The minimum absolute atomic E-state index is 0.865. The molecule has 0 atom stereocenters. The highest BCUT2D eigenvalue weighted by atomic mass is 16.3. The first-order chi connectivity index (χ1) is 11.8. The lowest BCUT2D eigenvalue weighted by molar-refractivity contribution is 0.670. The van der Waals surface area contributed by atoms with E-state index in [2.05, 4.69) is 55.5 Å². The Kier molecular flexibility index (Phi) is 2.74. The lowest BCUT2D eigenvalue weighted by Crippen LogP contribution is -1.89. The molecule has 5 rings (SSSR count). The van der Waals surface area contributed by atoms with Gasteiger partial charge in [-0.15, -0.1) is 0 Å². The molecule has 2 heteroatoms. The Morgan fingerprint density at radius 1 is 0.792 bits per heavy atom. The second-order valence-electron chi connectivity index (χ2n) is 6.10. The van der Waals surface area contributed by atoms with Crippen LogP contribution in [0.25, 0.3) is 44.1 Å². The van der Waals surface area contributed by atoms with E-state index < -0.39 is 0 Å². The third-order valence-electron chi connectivity index (χ3n) is 4.59. The third kappa shape index (κ3) is 1.80. The average Bonchev–Trinajstić information content (AvgIpc) is 2.99. The van der Waals surface area contributed by atoms with Crippen LogP contribution in [-0.4, -0.2) is 4.98 Å². The van der Waals surface area contributed by atoms with Gasteiger partial charge in [0.15, 0.2) is 5.58 Å². The molecule has 5 aromatic rings. The summed E-state index contributed by atoms with van der Waals surface area (Å²) < 4.78 is 6.24. The lowest BCUT2D eigenvalue weighted by Gasteiger charge is -2.10. The van der Waals surface area contributed by atoms with Gasteiger partial charge < -0.3 is 4.42 Å². The molecular formula is C22H15NO. The molecule has 0 aliphatic carbocycles. The highest BCUT2D eigenvalue weighted by Gasteiger charge is 2.18. The fraction of sp³-hybridized carbons (Fsp3) is 0.0455. The number of hydrogen-bond donors (Lipinski definition) is 0. The molecule has 0 saturated heterocycles. The molecule has 114 valence electrons. The first kappa shape index (κ1) is 13.3. The quantitative estimate of drug-likeness (QED) is 0.373. The Hall–Kier alpha value is -3.13. The average molecular weight is 309 g/mol. The van der Waals surface area contributed by atoms with Gasteiger partial charge in [-0.1, -0.05) is 54.6 Å². The standard InChI is InChI=1S/C22H15NO/c1-14-8-7-12-17-19(14)20(15-9-3-2-4-10-15)22-21(23-17)16-11-5-6-13-18(16)24-22/h2-13H,1H3. The van der Waals surface area contributed by atoms with Crippen molar-refractivity contribution in [2.75, 3.05) is 0 Å². The van der Waals surface area contributed by atoms with Gasteiger partial charge in [-0.3, -0.25) is 0 Å². The maximum atomic E-state index is 6.24. The van der Waals surface area contributed by atoms with Gasteiger partial charge in [0, 0.05) is 16.3 Å². The maximum Gasteiger partial charge on any atom is 0.162 e. The van der Waals surface area contributed by atoms with Crippen LogP contribution in [0.4, 0.5) is 0 Å². The van der Waals surface area contributed by atoms with Crippen LogP contribution >= 0.6 is 0 Å². The van der Waals surface area contributed by atoms with Crippen molar-refractivity contribution in [1.82, 2.24) is 4.98 Å². The smallest absolute Gasteiger partial charge is 0.162 e. The molecule has 0 fully saturated rings. The summed E-state index contributed by atoms with van der Waals surface area (Å²) in [5.41, 5.74) is 7.18. The number of furan rings is 1. The van der Waals surface area contributed by atoms with Gasteiger partial charge in [-0.2, -0.15) is 0 Å². The number of nitrogens with zero attached hydrogens (tertiary/aromatic N) is 1. The van der Waals surface area contributed by atoms with Crippen LogP contribution in [0.1, 0.15) is 5.56 Å². The molecule has 0 bridgehead atoms. The van der Waals surface area contributed by atoms with Crippen LogP contribution in [0.3, 0.4) is 0 Å². The fourth-order valence-corrected chi connectivity index (χ4v) is 3.50. The van der Waals surface area contributed by atoms with Crippen molar-refractivity contribution in [3.8, 4) is 11.1 Å². The number of rotatable bonds is 1. The predicted octanol–water partition coefficient (Wildman–Crippen LogP) is 6.11. The molecule has 0 unspecified atom stereocenters. The molecule has 2 aromatic heterocycles. The highest BCUT2D eigenvalue weighted by molar-refractivity contribution is 6.15. The molecule has 0 amide bonds. The molecule has 2 heterocycles. The van der Waals surface area contributed by atoms with Crippen LogP contribution in [0.5, 0.6) is 0 Å². The van der Waals surface area contributed by atoms with Gasteiger partial charge in [0.05, 0.1) is 5.52 Å². The molecule has 0 aliphatic rings. The first-order valence-electron chi connectivity index (χ1n) is 8.09. The zero-order chi connectivity index (χ0) is 16.1. The minimum atomic E-state index is 0.865. The lowest BCUT2D eigenvalue weighted by atomic mass is 9.96. The third-order valence-corrected chi connectivity index (χ3v) is 4.59. The van der Waals surface area contributed by atoms with E-state index in [4.69, 9.17) is 9.40 Å². The van der Waals surface area contributed by atoms with Crippen molar-refractivity contribution in [3.05, 3.63) is 78.4 Å². The van der Waals surface area contributed by atoms with E-state index >= 15 is 0 Å². The van der Waals surface area contributed by atoms with Crippen molar-refractivity contribution in [3.63, 3.8) is 0 Å². The summed E-state index contributed by atoms with van der Waals surface area (Å²) in [6, 6.07) is 24.8. The number of para-hydroxylation sites is 1. The fourth-order valence-electron chi connectivity index (χ4n) is 3.50. The second kappa shape index (κ2) is 4.93. The summed E-state index contributed by atoms with van der Waals surface area (Å²) in [6.07, 6.45) is 0. The number of benzene rings is 3. The zero-order valence-electron chi connectivity index (χ0n) is 13.3. The Balaban J connectivity index is 2.08. The van der Waals surface area contributed by atoms with Crippen molar-refractivity contribution in [2.24, 2.45) is 0 Å². The summed E-state index contributed by atoms with van der Waals surface area (Å²) in [4.78, 5) is 4.92. The molecule has 0 saturated carbocycles. The van der Waals surface area contributed by atoms with Crippen LogP contribution in [0.15, 0.2) is 77.2 Å². The van der Waals surface area contributed by atoms with Gasteiger partial charge in [0.25, 0.3) is 0 Å². The SMILES string of the molecule is Cc1cccc2nc3c(oc4ccccc43)c(-c3ccccc3)c12. The minimum Gasteiger partial charge on any atom is -0.454 e. The normalized spacial score (nSPS) is 11.5. The summed E-state index contributed by atoms with van der Waals surface area (Å²) >= 11 is 0. The van der Waals surface area contributed by atoms with Gasteiger partial charge in [0.2, 0.25) is 0 Å². The summed E-state index contributed by atoms with van der Waals surface area (Å²) in [5, 5.41) is 2.23. The van der Waals surface area contributed by atoms with Crippen molar-refractivity contribution < 1.29 is 4.42 Å². The van der Waals surface area contributed by atoms with Gasteiger partial charge >= 0.3 is 0 Å². The largest absolute Gasteiger partial charge is 0.454 e. The van der Waals surface area contributed by atoms with E-state index in [-0.39, 0.29) is 0 Å². The Bertz CT molecular complexity index is 1200. The number of aromatic nitrogens is 1. The molecule has 2 nitrogen and oxygen atoms in total. The van der Waals surface area contributed by atoms with Gasteiger partial charge in [-0.05, 0) is 36.2 Å². The highest BCUT2D eigenvalue weighted by Crippen LogP contribution is 2.40. The Labute approximate surface area is 139 Å². The molecule has 0 N–H and O–H groups in total. The van der Waals surface area contributed by atoms with E-state index in [9.17, 15) is 0 Å². The van der Waals surface area contributed by atoms with E-state index in [0.717, 1.165) is 44.1 Å². The molecule has 0 radical (unpaired) electrons. The summed E-state index contributed by atoms with van der Waals surface area (Å²) in [6.45, 7) is 2.13. The van der Waals surface area contributed by atoms with Crippen molar-refractivity contribution >= 4 is 33.0 Å².